The molecule has 0 saturated heterocycles. The van der Waals surface area contributed by atoms with Gasteiger partial charge in [-0.25, -0.2) is 4.79 Å². The Morgan fingerprint density at radius 1 is 0.944 bits per heavy atom. The van der Waals surface area contributed by atoms with Crippen LogP contribution in [0.25, 0.3) is 0 Å². The second kappa shape index (κ2) is 11.0. The number of allylic oxidation sites excluding steroid dienone is 2. The summed E-state index contributed by atoms with van der Waals surface area (Å²) in [5.41, 5.74) is 2.35. The number of rotatable bonds is 5. The molecule has 2 N–H and O–H groups in total. The Kier molecular flexibility index (Phi) is 7.55. The van der Waals surface area contributed by atoms with Crippen LogP contribution in [0.2, 0.25) is 0 Å². The smallest absolute Gasteiger partial charge is 0.325 e. The third kappa shape index (κ3) is 5.56. The first-order valence-corrected chi connectivity index (χ1v) is 14.1. The van der Waals surface area contributed by atoms with E-state index in [1.54, 1.807) is 11.8 Å². The Hall–Kier alpha value is -2.94. The van der Waals surface area contributed by atoms with E-state index in [-0.39, 0.29) is 28.5 Å². The second-order valence-corrected chi connectivity index (χ2v) is 11.9. The van der Waals surface area contributed by atoms with Gasteiger partial charge in [0.1, 0.15) is 0 Å². The van der Waals surface area contributed by atoms with Crippen molar-refractivity contribution >= 4 is 68.5 Å². The maximum absolute atomic E-state index is 13.5. The van der Waals surface area contributed by atoms with Gasteiger partial charge in [0.2, 0.25) is 5.91 Å². The molecule has 0 radical (unpaired) electrons. The average molecular weight is 579 g/mol. The molecule has 3 atom stereocenters. The number of fused-ring (bicyclic) bond motifs is 2. The molecule has 8 heteroatoms. The van der Waals surface area contributed by atoms with E-state index in [2.05, 4.69) is 44.8 Å². The summed E-state index contributed by atoms with van der Waals surface area (Å²) in [5.74, 6) is -0.0811. The number of benzene rings is 3. The predicted octanol–water partition coefficient (Wildman–Crippen LogP) is 7.58. The number of thioether (sulfide) groups is 2. The number of urea groups is 1. The lowest BCUT2D eigenvalue weighted by molar-refractivity contribution is -0.115. The van der Waals surface area contributed by atoms with Gasteiger partial charge in [-0.3, -0.25) is 9.69 Å². The zero-order valence-electron chi connectivity index (χ0n) is 19.4. The minimum atomic E-state index is -0.314. The van der Waals surface area contributed by atoms with Crippen LogP contribution < -0.4 is 15.5 Å². The van der Waals surface area contributed by atoms with Gasteiger partial charge in [0.05, 0.1) is 22.2 Å². The summed E-state index contributed by atoms with van der Waals surface area (Å²) < 4.78 is 0.958. The fourth-order valence-electron chi connectivity index (χ4n) is 4.09. The van der Waals surface area contributed by atoms with E-state index >= 15 is 0 Å². The number of halogens is 1. The SMILES string of the molecule is CC(Sc1cccc(NC(=O)N2c3ccccc3SC3C=CC=CC32)c1)C(=O)Nc1ccc(Br)cc1. The van der Waals surface area contributed by atoms with Crippen molar-refractivity contribution in [1.82, 2.24) is 0 Å². The molecule has 3 aromatic carbocycles. The zero-order valence-corrected chi connectivity index (χ0v) is 22.6. The van der Waals surface area contributed by atoms with Crippen LogP contribution in [-0.4, -0.2) is 28.5 Å². The third-order valence-corrected chi connectivity index (χ3v) is 8.77. The van der Waals surface area contributed by atoms with Crippen LogP contribution in [0.1, 0.15) is 6.92 Å². The summed E-state index contributed by atoms with van der Waals surface area (Å²) >= 11 is 6.63. The van der Waals surface area contributed by atoms with Crippen molar-refractivity contribution in [2.75, 3.05) is 15.5 Å². The van der Waals surface area contributed by atoms with Gasteiger partial charge in [0.25, 0.3) is 0 Å². The van der Waals surface area contributed by atoms with Crippen LogP contribution in [0.15, 0.2) is 111 Å². The maximum Gasteiger partial charge on any atom is 0.326 e. The Morgan fingerprint density at radius 3 is 2.56 bits per heavy atom. The number of hydrogen-bond acceptors (Lipinski definition) is 4. The molecule has 2 aliphatic rings. The highest BCUT2D eigenvalue weighted by Crippen LogP contribution is 2.43. The number of anilines is 3. The van der Waals surface area contributed by atoms with E-state index < -0.39 is 0 Å². The molecule has 5 rings (SSSR count). The standard InChI is InChI=1S/C28H24BrN3O2S2/c1-18(27(33)30-20-15-13-19(29)14-16-20)35-22-8-6-7-21(17-22)31-28(34)32-23-9-2-4-11-25(23)36-26-12-5-3-10-24(26)32/h2-18,23,25H,1H3,(H,30,33)(H,31,34). The molecule has 0 saturated carbocycles. The lowest BCUT2D eigenvalue weighted by Crippen LogP contribution is -2.49. The first-order chi connectivity index (χ1) is 17.5. The summed E-state index contributed by atoms with van der Waals surface area (Å²) in [6, 6.07) is 22.9. The molecule has 0 aromatic heterocycles. The topological polar surface area (TPSA) is 61.4 Å². The number of carbonyl (C=O) groups excluding carboxylic acids is 2. The predicted molar refractivity (Wildman–Crippen MR) is 154 cm³/mol. The summed E-state index contributed by atoms with van der Waals surface area (Å²) in [7, 11) is 0. The average Bonchev–Trinajstić information content (AvgIpc) is 2.88. The summed E-state index contributed by atoms with van der Waals surface area (Å²) in [6.07, 6.45) is 8.25. The van der Waals surface area contributed by atoms with Gasteiger partial charge in [-0.1, -0.05) is 58.4 Å². The molecule has 1 heterocycles. The number of hydrogen-bond donors (Lipinski definition) is 2. The summed E-state index contributed by atoms with van der Waals surface area (Å²) in [4.78, 5) is 30.0. The van der Waals surface area contributed by atoms with E-state index in [1.165, 1.54) is 11.8 Å². The van der Waals surface area contributed by atoms with E-state index in [0.717, 1.165) is 25.6 Å². The molecule has 0 fully saturated rings. The normalized spacial score (nSPS) is 18.7. The molecule has 1 aliphatic carbocycles. The summed E-state index contributed by atoms with van der Waals surface area (Å²) in [6.45, 7) is 1.87. The fourth-order valence-corrected chi connectivity index (χ4v) is 6.54. The van der Waals surface area contributed by atoms with Crippen molar-refractivity contribution in [2.45, 2.75) is 33.3 Å². The van der Waals surface area contributed by atoms with Crippen LogP contribution >= 0.6 is 39.5 Å². The number of carbonyl (C=O) groups is 2. The lowest BCUT2D eigenvalue weighted by atomic mass is 10.1. The van der Waals surface area contributed by atoms with Gasteiger partial charge >= 0.3 is 6.03 Å². The number of nitrogens with zero attached hydrogens (tertiary/aromatic N) is 1. The van der Waals surface area contributed by atoms with Crippen molar-refractivity contribution in [3.8, 4) is 0 Å². The van der Waals surface area contributed by atoms with Gasteiger partial charge in [0, 0.05) is 25.6 Å². The minimum Gasteiger partial charge on any atom is -0.325 e. The van der Waals surface area contributed by atoms with Gasteiger partial charge in [-0.2, -0.15) is 0 Å². The van der Waals surface area contributed by atoms with Crippen molar-refractivity contribution in [3.05, 3.63) is 102 Å². The minimum absolute atomic E-state index is 0.0604. The van der Waals surface area contributed by atoms with Crippen LogP contribution in [0.4, 0.5) is 21.9 Å². The van der Waals surface area contributed by atoms with Gasteiger partial charge in [-0.15, -0.1) is 23.5 Å². The van der Waals surface area contributed by atoms with Crippen LogP contribution in [0.3, 0.4) is 0 Å². The first-order valence-electron chi connectivity index (χ1n) is 11.5. The maximum atomic E-state index is 13.5. The van der Waals surface area contributed by atoms with E-state index in [4.69, 9.17) is 0 Å². The Labute approximate surface area is 227 Å². The van der Waals surface area contributed by atoms with Crippen LogP contribution in [0.5, 0.6) is 0 Å². The molecule has 182 valence electrons. The first kappa shape index (κ1) is 24.7. The quantitative estimate of drug-likeness (QED) is 0.307. The molecule has 5 nitrogen and oxygen atoms in total. The highest BCUT2D eigenvalue weighted by Gasteiger charge is 2.36. The Balaban J connectivity index is 1.28. The lowest BCUT2D eigenvalue weighted by Gasteiger charge is -2.40. The van der Waals surface area contributed by atoms with E-state index in [1.807, 2.05) is 90.7 Å². The largest absolute Gasteiger partial charge is 0.326 e. The Bertz CT molecular complexity index is 1340. The molecule has 1 aliphatic heterocycles. The van der Waals surface area contributed by atoms with E-state index in [0.29, 0.717) is 5.69 Å². The van der Waals surface area contributed by atoms with Gasteiger partial charge < -0.3 is 10.6 Å². The molecule has 3 aromatic rings. The highest BCUT2D eigenvalue weighted by atomic mass is 79.9. The molecular formula is C28H24BrN3O2S2. The second-order valence-electron chi connectivity index (χ2n) is 8.39. The molecule has 36 heavy (non-hydrogen) atoms. The third-order valence-electron chi connectivity index (χ3n) is 5.84. The van der Waals surface area contributed by atoms with Crippen molar-refractivity contribution < 1.29 is 9.59 Å². The number of amides is 3. The van der Waals surface area contributed by atoms with Crippen molar-refractivity contribution in [3.63, 3.8) is 0 Å². The van der Waals surface area contributed by atoms with Crippen molar-refractivity contribution in [2.24, 2.45) is 0 Å². The molecule has 3 amide bonds. The number of para-hydroxylation sites is 1. The monoisotopic (exact) mass is 577 g/mol. The van der Waals surface area contributed by atoms with Gasteiger partial charge in [-0.05, 0) is 61.5 Å². The van der Waals surface area contributed by atoms with Crippen LogP contribution in [0, 0.1) is 0 Å². The molecule has 0 bridgehead atoms. The van der Waals surface area contributed by atoms with E-state index in [9.17, 15) is 9.59 Å². The zero-order chi connectivity index (χ0) is 25.1. The van der Waals surface area contributed by atoms with Gasteiger partial charge in [0.15, 0.2) is 0 Å². The molecule has 0 spiro atoms. The molecule has 3 unspecified atom stereocenters. The highest BCUT2D eigenvalue weighted by molar-refractivity contribution is 9.10. The fraction of sp³-hybridized carbons (Fsp3) is 0.143. The number of nitrogens with one attached hydrogen (secondary N) is 2. The Morgan fingerprint density at radius 2 is 1.72 bits per heavy atom. The summed E-state index contributed by atoms with van der Waals surface area (Å²) in [5, 5.41) is 5.87. The van der Waals surface area contributed by atoms with Crippen LogP contribution in [-0.2, 0) is 4.79 Å². The van der Waals surface area contributed by atoms with Crippen molar-refractivity contribution in [1.29, 1.82) is 0 Å². The molecular weight excluding hydrogens is 554 g/mol.